The number of benzene rings is 2. The summed E-state index contributed by atoms with van der Waals surface area (Å²) >= 11 is 0. The molecule has 7 heteroatoms. The second-order valence-corrected chi connectivity index (χ2v) is 10.4. The molecule has 0 aliphatic rings. The number of carbonyl (C=O) groups is 3. The molecule has 190 valence electrons. The highest BCUT2D eigenvalue weighted by atomic mass is 16.6. The summed E-state index contributed by atoms with van der Waals surface area (Å²) in [5, 5.41) is 5.67. The Labute approximate surface area is 209 Å². The van der Waals surface area contributed by atoms with Crippen molar-refractivity contribution >= 4 is 23.6 Å². The van der Waals surface area contributed by atoms with Gasteiger partial charge in [-0.1, -0.05) is 50.2 Å². The van der Waals surface area contributed by atoms with Gasteiger partial charge in [-0.05, 0) is 75.8 Å². The second kappa shape index (κ2) is 11.4. The fraction of sp³-hybridized carbons (Fsp3) is 0.464. The van der Waals surface area contributed by atoms with Crippen molar-refractivity contribution in [2.75, 3.05) is 12.4 Å². The number of nitrogens with one attached hydrogen (secondary N) is 2. The lowest BCUT2D eigenvalue weighted by Gasteiger charge is -2.33. The number of alkyl carbamates (subject to hydrolysis) is 1. The first-order valence-corrected chi connectivity index (χ1v) is 11.9. The predicted octanol–water partition coefficient (Wildman–Crippen LogP) is 5.30. The summed E-state index contributed by atoms with van der Waals surface area (Å²) in [7, 11) is 1.59. The average Bonchev–Trinajstić information content (AvgIpc) is 2.74. The molecule has 2 atom stereocenters. The summed E-state index contributed by atoms with van der Waals surface area (Å²) in [4.78, 5) is 41.1. The second-order valence-electron chi connectivity index (χ2n) is 10.4. The summed E-state index contributed by atoms with van der Waals surface area (Å²) in [5.74, 6) is -0.940. The molecule has 2 unspecified atom stereocenters. The Morgan fingerprint density at radius 3 is 2.09 bits per heavy atom. The summed E-state index contributed by atoms with van der Waals surface area (Å²) in [5.41, 5.74) is 3.70. The minimum Gasteiger partial charge on any atom is -0.444 e. The number of carbonyl (C=O) groups excluding carboxylic acids is 3. The van der Waals surface area contributed by atoms with Crippen molar-refractivity contribution in [3.05, 3.63) is 64.7 Å². The molecule has 2 rings (SSSR count). The lowest BCUT2D eigenvalue weighted by Crippen LogP contribution is -2.53. The molecule has 35 heavy (non-hydrogen) atoms. The first-order valence-electron chi connectivity index (χ1n) is 11.9. The maximum absolute atomic E-state index is 13.7. The lowest BCUT2D eigenvalue weighted by atomic mass is 9.97. The molecule has 0 fully saturated rings. The largest absolute Gasteiger partial charge is 0.444 e. The molecular weight excluding hydrogens is 442 g/mol. The third-order valence-corrected chi connectivity index (χ3v) is 5.84. The Balaban J connectivity index is 2.42. The molecule has 2 N–H and O–H groups in total. The van der Waals surface area contributed by atoms with Gasteiger partial charge in [0.15, 0.2) is 0 Å². The van der Waals surface area contributed by atoms with Gasteiger partial charge < -0.3 is 20.3 Å². The van der Waals surface area contributed by atoms with E-state index in [9.17, 15) is 14.4 Å². The van der Waals surface area contributed by atoms with Crippen LogP contribution in [0.5, 0.6) is 0 Å². The number of ether oxygens (including phenoxy) is 1. The van der Waals surface area contributed by atoms with E-state index >= 15 is 0 Å². The maximum Gasteiger partial charge on any atom is 0.408 e. The van der Waals surface area contributed by atoms with Gasteiger partial charge in [0.25, 0.3) is 5.91 Å². The molecule has 0 radical (unpaired) electrons. The standard InChI is InChI=1S/C28H39N3O4/c1-17(2)23(30-27(34)35-28(6,7)8)26(33)31(9)24(21-15-14-18(3)20(5)16-21)25(32)29-22-13-11-10-12-19(22)4/h10-17,23-24H,1-9H3,(H,29,32)(H,30,34). The Morgan fingerprint density at radius 1 is 0.914 bits per heavy atom. The monoisotopic (exact) mass is 481 g/mol. The molecule has 0 bridgehead atoms. The SMILES string of the molecule is Cc1ccc(C(C(=O)Nc2ccccc2C)N(C)C(=O)C(NC(=O)OC(C)(C)C)C(C)C)cc1C. The van der Waals surface area contributed by atoms with Gasteiger partial charge in [-0.3, -0.25) is 9.59 Å². The van der Waals surface area contributed by atoms with Crippen LogP contribution in [-0.2, 0) is 14.3 Å². The summed E-state index contributed by atoms with van der Waals surface area (Å²) < 4.78 is 5.36. The fourth-order valence-corrected chi connectivity index (χ4v) is 3.69. The fourth-order valence-electron chi connectivity index (χ4n) is 3.69. The van der Waals surface area contributed by atoms with Crippen molar-refractivity contribution in [1.82, 2.24) is 10.2 Å². The van der Waals surface area contributed by atoms with Gasteiger partial charge in [-0.2, -0.15) is 0 Å². The number of para-hydroxylation sites is 1. The van der Waals surface area contributed by atoms with Crippen LogP contribution in [0.3, 0.4) is 0 Å². The number of rotatable bonds is 7. The van der Waals surface area contributed by atoms with Crippen LogP contribution in [0.1, 0.15) is 62.9 Å². The molecule has 3 amide bonds. The quantitative estimate of drug-likeness (QED) is 0.562. The first-order chi connectivity index (χ1) is 16.2. The van der Waals surface area contributed by atoms with E-state index in [-0.39, 0.29) is 17.7 Å². The van der Waals surface area contributed by atoms with Crippen LogP contribution in [0.4, 0.5) is 10.5 Å². The van der Waals surface area contributed by atoms with Crippen LogP contribution in [0.2, 0.25) is 0 Å². The van der Waals surface area contributed by atoms with Gasteiger partial charge in [0.1, 0.15) is 17.7 Å². The number of aryl methyl sites for hydroxylation is 3. The van der Waals surface area contributed by atoms with Gasteiger partial charge >= 0.3 is 6.09 Å². The Kier molecular flexibility index (Phi) is 9.07. The Morgan fingerprint density at radius 2 is 1.54 bits per heavy atom. The highest BCUT2D eigenvalue weighted by molar-refractivity contribution is 5.99. The molecule has 2 aromatic carbocycles. The van der Waals surface area contributed by atoms with E-state index in [4.69, 9.17) is 4.74 Å². The average molecular weight is 482 g/mol. The molecular formula is C28H39N3O4. The molecule has 7 nitrogen and oxygen atoms in total. The van der Waals surface area contributed by atoms with Crippen LogP contribution in [-0.4, -0.2) is 41.5 Å². The summed E-state index contributed by atoms with van der Waals surface area (Å²) in [6.45, 7) is 14.8. The van der Waals surface area contributed by atoms with Crippen LogP contribution in [0.25, 0.3) is 0 Å². The predicted molar refractivity (Wildman–Crippen MR) is 139 cm³/mol. The van der Waals surface area contributed by atoms with Gasteiger partial charge in [-0.25, -0.2) is 4.79 Å². The molecule has 0 aromatic heterocycles. The normalized spacial score (nSPS) is 13.1. The van der Waals surface area contributed by atoms with E-state index < -0.39 is 23.8 Å². The summed E-state index contributed by atoms with van der Waals surface area (Å²) in [6.07, 6.45) is -0.676. The van der Waals surface area contributed by atoms with Crippen LogP contribution in [0, 0.1) is 26.7 Å². The lowest BCUT2D eigenvalue weighted by molar-refractivity contribution is -0.140. The summed E-state index contributed by atoms with van der Waals surface area (Å²) in [6, 6.07) is 11.4. The van der Waals surface area contributed by atoms with E-state index in [1.807, 2.05) is 77.1 Å². The molecule has 0 heterocycles. The Hall–Kier alpha value is -3.35. The number of amides is 3. The van der Waals surface area contributed by atoms with Crippen molar-refractivity contribution in [3.63, 3.8) is 0 Å². The van der Waals surface area contributed by atoms with Gasteiger partial charge in [0.2, 0.25) is 5.91 Å². The molecule has 0 saturated carbocycles. The van der Waals surface area contributed by atoms with E-state index in [0.29, 0.717) is 11.3 Å². The van der Waals surface area contributed by atoms with Crippen molar-refractivity contribution in [2.24, 2.45) is 5.92 Å². The number of nitrogens with zero attached hydrogens (tertiary/aromatic N) is 1. The van der Waals surface area contributed by atoms with Crippen molar-refractivity contribution in [1.29, 1.82) is 0 Å². The molecule has 0 aliphatic heterocycles. The third-order valence-electron chi connectivity index (χ3n) is 5.84. The molecule has 0 spiro atoms. The number of anilines is 1. The molecule has 0 aliphatic carbocycles. The zero-order valence-electron chi connectivity index (χ0n) is 22.4. The van der Waals surface area contributed by atoms with Crippen LogP contribution in [0.15, 0.2) is 42.5 Å². The van der Waals surface area contributed by atoms with E-state index in [0.717, 1.165) is 16.7 Å². The van der Waals surface area contributed by atoms with Crippen LogP contribution >= 0.6 is 0 Å². The van der Waals surface area contributed by atoms with Crippen molar-refractivity contribution in [3.8, 4) is 0 Å². The first kappa shape index (κ1) is 27.9. The maximum atomic E-state index is 13.7. The highest BCUT2D eigenvalue weighted by Gasteiger charge is 2.35. The number of likely N-dealkylation sites (N-methyl/N-ethyl adjacent to an activating group) is 1. The van der Waals surface area contributed by atoms with Crippen molar-refractivity contribution < 1.29 is 19.1 Å². The number of hydrogen-bond acceptors (Lipinski definition) is 4. The topological polar surface area (TPSA) is 87.7 Å². The van der Waals surface area contributed by atoms with Gasteiger partial charge in [0, 0.05) is 12.7 Å². The van der Waals surface area contributed by atoms with Crippen LogP contribution < -0.4 is 10.6 Å². The molecule has 0 saturated heterocycles. The van der Waals surface area contributed by atoms with Gasteiger partial charge in [-0.15, -0.1) is 0 Å². The minimum absolute atomic E-state index is 0.225. The third kappa shape index (κ3) is 7.57. The van der Waals surface area contributed by atoms with Gasteiger partial charge in [0.05, 0.1) is 0 Å². The molecule has 2 aromatic rings. The smallest absolute Gasteiger partial charge is 0.408 e. The minimum atomic E-state index is -0.900. The number of hydrogen-bond donors (Lipinski definition) is 2. The Bertz CT molecular complexity index is 1070. The highest BCUT2D eigenvalue weighted by Crippen LogP contribution is 2.26. The zero-order valence-corrected chi connectivity index (χ0v) is 22.4. The van der Waals surface area contributed by atoms with E-state index in [2.05, 4.69) is 10.6 Å². The zero-order chi connectivity index (χ0) is 26.5. The van der Waals surface area contributed by atoms with E-state index in [1.165, 1.54) is 4.90 Å². The van der Waals surface area contributed by atoms with Crippen molar-refractivity contribution in [2.45, 2.75) is 73.1 Å². The van der Waals surface area contributed by atoms with E-state index in [1.54, 1.807) is 27.8 Å².